The first kappa shape index (κ1) is 34.6. The molecule has 0 spiro atoms. The van der Waals surface area contributed by atoms with Crippen molar-refractivity contribution in [2.45, 2.75) is 180 Å². The van der Waals surface area contributed by atoms with Gasteiger partial charge in [0.2, 0.25) is 0 Å². The van der Waals surface area contributed by atoms with E-state index in [1.807, 2.05) is 6.20 Å². The van der Waals surface area contributed by atoms with Crippen LogP contribution in [0.2, 0.25) is 0 Å². The van der Waals surface area contributed by atoms with Crippen LogP contribution in [0.1, 0.15) is 180 Å². The van der Waals surface area contributed by atoms with E-state index in [1.165, 1.54) is 166 Å². The van der Waals surface area contributed by atoms with Crippen LogP contribution in [-0.2, 0) is 6.42 Å². The van der Waals surface area contributed by atoms with Crippen molar-refractivity contribution in [3.05, 3.63) is 54.6 Å². The van der Waals surface area contributed by atoms with E-state index >= 15 is 0 Å². The van der Waals surface area contributed by atoms with Crippen molar-refractivity contribution in [1.82, 2.24) is 9.55 Å². The van der Waals surface area contributed by atoms with Crippen molar-refractivity contribution < 1.29 is 0 Å². The quantitative estimate of drug-likeness (QED) is 0.0963. The minimum absolute atomic E-state index is 0.574. The molecule has 2 rings (SSSR count). The molecule has 1 aromatic carbocycles. The lowest BCUT2D eigenvalue weighted by Gasteiger charge is -2.29. The molecule has 2 nitrogen and oxygen atoms in total. The lowest BCUT2D eigenvalue weighted by Crippen LogP contribution is -2.21. The van der Waals surface area contributed by atoms with Crippen LogP contribution < -0.4 is 0 Å². The molecule has 0 saturated heterocycles. The van der Waals surface area contributed by atoms with Gasteiger partial charge in [0.25, 0.3) is 0 Å². The molecule has 2 aromatic rings. The third-order valence-corrected chi connectivity index (χ3v) is 9.07. The average Bonchev–Trinajstić information content (AvgIpc) is 3.51. The molecule has 2 atom stereocenters. The molecule has 0 aliphatic heterocycles. The number of hydrogen-bond donors (Lipinski definition) is 0. The van der Waals surface area contributed by atoms with Crippen molar-refractivity contribution in [3.8, 4) is 0 Å². The van der Waals surface area contributed by atoms with Gasteiger partial charge in [0.05, 0.1) is 6.33 Å². The van der Waals surface area contributed by atoms with Gasteiger partial charge in [-0.25, -0.2) is 4.98 Å². The predicted molar refractivity (Wildman–Crippen MR) is 177 cm³/mol. The maximum absolute atomic E-state index is 4.44. The highest BCUT2D eigenvalue weighted by Crippen LogP contribution is 2.32. The largest absolute Gasteiger partial charge is 0.334 e. The Morgan fingerprint density at radius 2 is 1.00 bits per heavy atom. The van der Waals surface area contributed by atoms with Gasteiger partial charge in [0.15, 0.2) is 0 Å². The smallest absolute Gasteiger partial charge is 0.0948 e. The molecule has 0 radical (unpaired) electrons. The zero-order chi connectivity index (χ0) is 28.4. The number of nitrogens with zero attached hydrogens (tertiary/aromatic N) is 2. The van der Waals surface area contributed by atoms with E-state index in [4.69, 9.17) is 0 Å². The second kappa shape index (κ2) is 25.2. The van der Waals surface area contributed by atoms with Gasteiger partial charge in [-0.15, -0.1) is 0 Å². The summed E-state index contributed by atoms with van der Waals surface area (Å²) in [6.45, 7) is 4.61. The monoisotopic (exact) mass is 551 g/mol. The Balaban J connectivity index is 1.62. The number of imidazole rings is 1. The molecule has 1 heterocycles. The summed E-state index contributed by atoms with van der Waals surface area (Å²) in [7, 11) is 0. The van der Waals surface area contributed by atoms with Crippen molar-refractivity contribution >= 4 is 0 Å². The Morgan fingerprint density at radius 3 is 1.45 bits per heavy atom. The molecule has 2 unspecified atom stereocenters. The molecule has 0 N–H and O–H groups in total. The van der Waals surface area contributed by atoms with Crippen molar-refractivity contribution in [3.63, 3.8) is 0 Å². The summed E-state index contributed by atoms with van der Waals surface area (Å²) >= 11 is 0. The molecular formula is C38H66N2. The SMILES string of the molecule is CCCCCCCCCCCCCCCCCCCC(Cc1ccccc1)C(CCCCCCC)n1ccnc1. The van der Waals surface area contributed by atoms with Crippen LogP contribution in [0.4, 0.5) is 0 Å². The van der Waals surface area contributed by atoms with Gasteiger partial charge in [0, 0.05) is 18.4 Å². The molecule has 0 amide bonds. The second-order valence-electron chi connectivity index (χ2n) is 12.7. The molecule has 0 fully saturated rings. The minimum atomic E-state index is 0.574. The van der Waals surface area contributed by atoms with Crippen LogP contribution in [0.15, 0.2) is 49.1 Å². The average molecular weight is 551 g/mol. The van der Waals surface area contributed by atoms with E-state index in [2.05, 4.69) is 66.3 Å². The Morgan fingerprint density at radius 1 is 0.550 bits per heavy atom. The third kappa shape index (κ3) is 17.3. The minimum Gasteiger partial charge on any atom is -0.334 e. The van der Waals surface area contributed by atoms with E-state index in [-0.39, 0.29) is 0 Å². The van der Waals surface area contributed by atoms with E-state index in [1.54, 1.807) is 0 Å². The van der Waals surface area contributed by atoms with Crippen molar-refractivity contribution in [1.29, 1.82) is 0 Å². The van der Waals surface area contributed by atoms with Gasteiger partial charge in [0.1, 0.15) is 0 Å². The molecule has 0 aliphatic rings. The summed E-state index contributed by atoms with van der Waals surface area (Å²) in [5, 5.41) is 0. The van der Waals surface area contributed by atoms with Gasteiger partial charge in [-0.05, 0) is 30.7 Å². The van der Waals surface area contributed by atoms with Crippen LogP contribution in [0.5, 0.6) is 0 Å². The Kier molecular flexibility index (Phi) is 21.8. The van der Waals surface area contributed by atoms with Crippen molar-refractivity contribution in [2.75, 3.05) is 0 Å². The highest BCUT2D eigenvalue weighted by atomic mass is 15.1. The number of rotatable bonds is 28. The van der Waals surface area contributed by atoms with Crippen LogP contribution in [0, 0.1) is 5.92 Å². The molecule has 40 heavy (non-hydrogen) atoms. The maximum atomic E-state index is 4.44. The maximum Gasteiger partial charge on any atom is 0.0948 e. The number of unbranched alkanes of at least 4 members (excludes halogenated alkanes) is 20. The van der Waals surface area contributed by atoms with Crippen LogP contribution in [0.3, 0.4) is 0 Å². The summed E-state index contributed by atoms with van der Waals surface area (Å²) in [5.74, 6) is 0.694. The lowest BCUT2D eigenvalue weighted by molar-refractivity contribution is 0.275. The Hall–Kier alpha value is -1.57. The molecule has 2 heteroatoms. The first-order valence-corrected chi connectivity index (χ1v) is 17.9. The van der Waals surface area contributed by atoms with E-state index in [0.29, 0.717) is 12.0 Å². The summed E-state index contributed by atoms with van der Waals surface area (Å²) in [5.41, 5.74) is 1.50. The number of aromatic nitrogens is 2. The standard InChI is InChI=1S/C38H66N2/c1-3-5-7-9-10-11-12-13-14-15-16-17-18-19-20-22-26-30-37(34-36-28-24-23-25-29-36)38(40-33-32-39-35-40)31-27-21-8-6-4-2/h23-25,28-29,32-33,35,37-38H,3-22,26-27,30-31,34H2,1-2H3. The van der Waals surface area contributed by atoms with Gasteiger partial charge in [-0.1, -0.05) is 185 Å². The zero-order valence-electron chi connectivity index (χ0n) is 26.8. The second-order valence-corrected chi connectivity index (χ2v) is 12.7. The van der Waals surface area contributed by atoms with Gasteiger partial charge in [-0.3, -0.25) is 0 Å². The lowest BCUT2D eigenvalue weighted by atomic mass is 9.84. The fourth-order valence-corrected chi connectivity index (χ4v) is 6.53. The molecule has 0 bridgehead atoms. The summed E-state index contributed by atoms with van der Waals surface area (Å²) in [4.78, 5) is 4.44. The summed E-state index contributed by atoms with van der Waals surface area (Å²) < 4.78 is 2.43. The van der Waals surface area contributed by atoms with Gasteiger partial charge >= 0.3 is 0 Å². The van der Waals surface area contributed by atoms with Gasteiger partial charge < -0.3 is 4.57 Å². The fraction of sp³-hybridized carbons (Fsp3) is 0.763. The molecule has 1 aromatic heterocycles. The normalized spacial score (nSPS) is 13.1. The van der Waals surface area contributed by atoms with E-state index < -0.39 is 0 Å². The molecular weight excluding hydrogens is 484 g/mol. The van der Waals surface area contributed by atoms with Crippen LogP contribution >= 0.6 is 0 Å². The number of hydrogen-bond acceptors (Lipinski definition) is 1. The fourth-order valence-electron chi connectivity index (χ4n) is 6.53. The molecule has 228 valence electrons. The van der Waals surface area contributed by atoms with E-state index in [0.717, 1.165) is 0 Å². The van der Waals surface area contributed by atoms with E-state index in [9.17, 15) is 0 Å². The zero-order valence-corrected chi connectivity index (χ0v) is 26.8. The van der Waals surface area contributed by atoms with Gasteiger partial charge in [-0.2, -0.15) is 0 Å². The Bertz CT molecular complexity index is 753. The highest BCUT2D eigenvalue weighted by Gasteiger charge is 2.23. The highest BCUT2D eigenvalue weighted by molar-refractivity contribution is 5.15. The molecule has 0 saturated carbocycles. The van der Waals surface area contributed by atoms with Crippen LogP contribution in [-0.4, -0.2) is 9.55 Å². The van der Waals surface area contributed by atoms with Crippen LogP contribution in [0.25, 0.3) is 0 Å². The summed E-state index contributed by atoms with van der Waals surface area (Å²) in [6.07, 6.45) is 41.4. The first-order valence-electron chi connectivity index (χ1n) is 17.9. The molecule has 0 aliphatic carbocycles. The summed E-state index contributed by atoms with van der Waals surface area (Å²) in [6, 6.07) is 11.8. The topological polar surface area (TPSA) is 17.8 Å². The first-order chi connectivity index (χ1) is 19.8. The number of benzene rings is 1. The third-order valence-electron chi connectivity index (χ3n) is 9.07. The van der Waals surface area contributed by atoms with Crippen molar-refractivity contribution in [2.24, 2.45) is 5.92 Å². The predicted octanol–water partition coefficient (Wildman–Crippen LogP) is 12.7. The Labute approximate surface area is 250 Å².